The van der Waals surface area contributed by atoms with Crippen molar-refractivity contribution in [3.63, 3.8) is 0 Å². The summed E-state index contributed by atoms with van der Waals surface area (Å²) < 4.78 is 5.37. The number of hydrogen-bond donors (Lipinski definition) is 0. The molecule has 0 bridgehead atoms. The van der Waals surface area contributed by atoms with Crippen LogP contribution in [0.4, 0.5) is 0 Å². The highest BCUT2D eigenvalue weighted by molar-refractivity contribution is 6.22. The summed E-state index contributed by atoms with van der Waals surface area (Å²) in [4.78, 5) is 25.5. The van der Waals surface area contributed by atoms with Gasteiger partial charge in [0, 0.05) is 13.0 Å². The molecule has 1 aliphatic heterocycles. The van der Waals surface area contributed by atoms with Gasteiger partial charge in [0.25, 0.3) is 0 Å². The SMILES string of the molecule is CCCC(C(=O)OC(C)(C)C)N1CC(Cl)CC1=O. The zero-order chi connectivity index (χ0) is 13.9. The van der Waals surface area contributed by atoms with Crippen molar-refractivity contribution in [2.75, 3.05) is 6.54 Å². The summed E-state index contributed by atoms with van der Waals surface area (Å²) in [6, 6.07) is -0.495. The molecule has 104 valence electrons. The van der Waals surface area contributed by atoms with E-state index in [1.807, 2.05) is 27.7 Å². The lowest BCUT2D eigenvalue weighted by Gasteiger charge is -2.29. The first-order chi connectivity index (χ1) is 8.24. The highest BCUT2D eigenvalue weighted by Crippen LogP contribution is 2.23. The fourth-order valence-electron chi connectivity index (χ4n) is 2.03. The Labute approximate surface area is 114 Å². The molecule has 2 atom stereocenters. The molecule has 0 aromatic rings. The van der Waals surface area contributed by atoms with Crippen LogP contribution in [-0.4, -0.2) is 40.3 Å². The molecule has 1 aliphatic rings. The van der Waals surface area contributed by atoms with Crippen LogP contribution in [0, 0.1) is 0 Å². The standard InChI is InChI=1S/C13H22ClNO3/c1-5-6-10(12(17)18-13(2,3)4)15-8-9(14)7-11(15)16/h9-10H,5-8H2,1-4H3. The van der Waals surface area contributed by atoms with Crippen LogP contribution in [0.5, 0.6) is 0 Å². The minimum Gasteiger partial charge on any atom is -0.458 e. The minimum absolute atomic E-state index is 0.0562. The van der Waals surface area contributed by atoms with Crippen LogP contribution in [0.3, 0.4) is 0 Å². The first-order valence-electron chi connectivity index (χ1n) is 6.41. The van der Waals surface area contributed by atoms with E-state index >= 15 is 0 Å². The number of carbonyl (C=O) groups is 2. The third-order valence-electron chi connectivity index (χ3n) is 2.73. The second-order valence-corrected chi connectivity index (χ2v) is 6.30. The summed E-state index contributed by atoms with van der Waals surface area (Å²) in [5, 5.41) is -0.195. The quantitative estimate of drug-likeness (QED) is 0.584. The highest BCUT2D eigenvalue weighted by atomic mass is 35.5. The largest absolute Gasteiger partial charge is 0.458 e. The van der Waals surface area contributed by atoms with Crippen LogP contribution in [0.1, 0.15) is 47.0 Å². The van der Waals surface area contributed by atoms with Crippen molar-refractivity contribution >= 4 is 23.5 Å². The average Bonchev–Trinajstić information content (AvgIpc) is 2.51. The maximum absolute atomic E-state index is 12.1. The number of hydrogen-bond acceptors (Lipinski definition) is 3. The number of likely N-dealkylation sites (tertiary alicyclic amines) is 1. The maximum Gasteiger partial charge on any atom is 0.329 e. The molecular weight excluding hydrogens is 254 g/mol. The summed E-state index contributed by atoms with van der Waals surface area (Å²) in [5.74, 6) is -0.386. The number of nitrogens with zero attached hydrogens (tertiary/aromatic N) is 1. The van der Waals surface area contributed by atoms with Crippen molar-refractivity contribution in [3.8, 4) is 0 Å². The van der Waals surface area contributed by atoms with E-state index in [1.165, 1.54) is 0 Å². The number of esters is 1. The fraction of sp³-hybridized carbons (Fsp3) is 0.846. The molecule has 1 saturated heterocycles. The number of alkyl halides is 1. The van der Waals surface area contributed by atoms with Gasteiger partial charge in [-0.1, -0.05) is 13.3 Å². The van der Waals surface area contributed by atoms with E-state index in [-0.39, 0.29) is 17.3 Å². The number of halogens is 1. The van der Waals surface area contributed by atoms with Crippen LogP contribution in [-0.2, 0) is 14.3 Å². The second-order valence-electron chi connectivity index (χ2n) is 5.69. The van der Waals surface area contributed by atoms with Crippen LogP contribution < -0.4 is 0 Å². The van der Waals surface area contributed by atoms with Crippen molar-refractivity contribution in [2.45, 2.75) is 64.0 Å². The Morgan fingerprint density at radius 2 is 2.17 bits per heavy atom. The van der Waals surface area contributed by atoms with E-state index < -0.39 is 11.6 Å². The van der Waals surface area contributed by atoms with E-state index in [2.05, 4.69) is 0 Å². The Morgan fingerprint density at radius 1 is 1.56 bits per heavy atom. The molecule has 1 amide bonds. The molecule has 0 aromatic heterocycles. The molecule has 5 heteroatoms. The normalized spacial score (nSPS) is 22.2. The van der Waals surface area contributed by atoms with Gasteiger partial charge < -0.3 is 9.64 Å². The number of ether oxygens (including phenoxy) is 1. The summed E-state index contributed by atoms with van der Waals surface area (Å²) in [5.41, 5.74) is -0.536. The van der Waals surface area contributed by atoms with E-state index in [1.54, 1.807) is 4.90 Å². The predicted molar refractivity (Wildman–Crippen MR) is 70.5 cm³/mol. The van der Waals surface area contributed by atoms with E-state index in [4.69, 9.17) is 16.3 Å². The molecule has 1 heterocycles. The summed E-state index contributed by atoms with van der Waals surface area (Å²) in [6.07, 6.45) is 1.75. The molecule has 0 aliphatic carbocycles. The van der Waals surface area contributed by atoms with Crippen molar-refractivity contribution in [1.29, 1.82) is 0 Å². The van der Waals surface area contributed by atoms with Gasteiger partial charge in [-0.05, 0) is 27.2 Å². The molecule has 18 heavy (non-hydrogen) atoms. The van der Waals surface area contributed by atoms with Gasteiger partial charge in [0.05, 0.1) is 5.38 Å². The zero-order valence-electron chi connectivity index (χ0n) is 11.5. The van der Waals surface area contributed by atoms with Crippen LogP contribution in [0.2, 0.25) is 0 Å². The lowest BCUT2D eigenvalue weighted by atomic mass is 10.1. The lowest BCUT2D eigenvalue weighted by Crippen LogP contribution is -2.45. The van der Waals surface area contributed by atoms with Gasteiger partial charge in [-0.3, -0.25) is 4.79 Å². The van der Waals surface area contributed by atoms with Crippen molar-refractivity contribution in [3.05, 3.63) is 0 Å². The Morgan fingerprint density at radius 3 is 2.56 bits per heavy atom. The lowest BCUT2D eigenvalue weighted by molar-refractivity contribution is -0.164. The van der Waals surface area contributed by atoms with Gasteiger partial charge in [0.15, 0.2) is 0 Å². The van der Waals surface area contributed by atoms with Crippen molar-refractivity contribution in [1.82, 2.24) is 4.90 Å². The molecular formula is C13H22ClNO3. The number of carbonyl (C=O) groups excluding carboxylic acids is 2. The van der Waals surface area contributed by atoms with Gasteiger partial charge in [0.2, 0.25) is 5.91 Å². The molecule has 0 N–H and O–H groups in total. The van der Waals surface area contributed by atoms with Gasteiger partial charge in [-0.2, -0.15) is 0 Å². The predicted octanol–water partition coefficient (Wildman–Crippen LogP) is 2.34. The monoisotopic (exact) mass is 275 g/mol. The van der Waals surface area contributed by atoms with Gasteiger partial charge >= 0.3 is 5.97 Å². The smallest absolute Gasteiger partial charge is 0.329 e. The molecule has 2 unspecified atom stereocenters. The first kappa shape index (κ1) is 15.3. The van der Waals surface area contributed by atoms with Gasteiger partial charge in [-0.25, -0.2) is 4.79 Å². The third-order valence-corrected chi connectivity index (χ3v) is 3.02. The zero-order valence-corrected chi connectivity index (χ0v) is 12.3. The summed E-state index contributed by atoms with van der Waals surface area (Å²) >= 11 is 5.97. The Balaban J connectivity index is 2.76. The number of rotatable bonds is 4. The summed E-state index contributed by atoms with van der Waals surface area (Å²) in [6.45, 7) is 7.89. The Hall–Kier alpha value is -0.770. The van der Waals surface area contributed by atoms with Crippen LogP contribution in [0.15, 0.2) is 0 Å². The average molecular weight is 276 g/mol. The third kappa shape index (κ3) is 4.16. The highest BCUT2D eigenvalue weighted by Gasteiger charge is 2.38. The van der Waals surface area contributed by atoms with Crippen molar-refractivity contribution < 1.29 is 14.3 Å². The number of amides is 1. The Bertz CT molecular complexity index is 325. The van der Waals surface area contributed by atoms with E-state index in [9.17, 15) is 9.59 Å². The van der Waals surface area contributed by atoms with Crippen LogP contribution in [0.25, 0.3) is 0 Å². The van der Waals surface area contributed by atoms with E-state index in [0.29, 0.717) is 19.4 Å². The molecule has 4 nitrogen and oxygen atoms in total. The van der Waals surface area contributed by atoms with Crippen LogP contribution >= 0.6 is 11.6 Å². The molecule has 0 aromatic carbocycles. The molecule has 0 radical (unpaired) electrons. The molecule has 1 fully saturated rings. The van der Waals surface area contributed by atoms with Crippen molar-refractivity contribution in [2.24, 2.45) is 0 Å². The molecule has 1 rings (SSSR count). The Kier molecular flexibility index (Phi) is 5.02. The second kappa shape index (κ2) is 5.91. The topological polar surface area (TPSA) is 46.6 Å². The maximum atomic E-state index is 12.1. The minimum atomic E-state index is -0.536. The first-order valence-corrected chi connectivity index (χ1v) is 6.84. The summed E-state index contributed by atoms with van der Waals surface area (Å²) in [7, 11) is 0. The molecule has 0 saturated carbocycles. The fourth-order valence-corrected chi connectivity index (χ4v) is 2.31. The van der Waals surface area contributed by atoms with E-state index in [0.717, 1.165) is 6.42 Å². The van der Waals surface area contributed by atoms with Gasteiger partial charge in [-0.15, -0.1) is 11.6 Å². The van der Waals surface area contributed by atoms with Gasteiger partial charge in [0.1, 0.15) is 11.6 Å². The molecule has 0 spiro atoms.